The summed E-state index contributed by atoms with van der Waals surface area (Å²) < 4.78 is 5.03. The lowest BCUT2D eigenvalue weighted by Crippen LogP contribution is -2.15. The minimum absolute atomic E-state index is 0.00294. The van der Waals surface area contributed by atoms with Crippen molar-refractivity contribution < 1.29 is 14.3 Å². The minimum atomic E-state index is -0.0493. The van der Waals surface area contributed by atoms with Crippen molar-refractivity contribution in [1.29, 1.82) is 0 Å². The molecule has 1 saturated carbocycles. The molecule has 0 unspecified atom stereocenters. The molecule has 1 aliphatic rings. The van der Waals surface area contributed by atoms with Gasteiger partial charge in [0.05, 0.1) is 0 Å². The molecule has 0 aromatic rings. The second-order valence-electron chi connectivity index (χ2n) is 4.87. The summed E-state index contributed by atoms with van der Waals surface area (Å²) in [5.41, 5.74) is 0.778. The van der Waals surface area contributed by atoms with E-state index in [1.54, 1.807) is 0 Å². The highest BCUT2D eigenvalue weighted by Gasteiger charge is 2.13. The molecular formula is C14H22O3. The van der Waals surface area contributed by atoms with Gasteiger partial charge in [-0.1, -0.05) is 25.3 Å². The van der Waals surface area contributed by atoms with Gasteiger partial charge in [0.2, 0.25) is 0 Å². The Hall–Kier alpha value is -0.960. The summed E-state index contributed by atoms with van der Waals surface area (Å²) in [5, 5.41) is 0. The van der Waals surface area contributed by atoms with E-state index in [9.17, 15) is 9.59 Å². The Morgan fingerprint density at radius 1 is 1.12 bits per heavy atom. The Morgan fingerprint density at radius 2 is 1.76 bits per heavy atom. The fourth-order valence-electron chi connectivity index (χ4n) is 2.15. The maximum atomic E-state index is 11.7. The summed E-state index contributed by atoms with van der Waals surface area (Å²) >= 11 is 0. The number of carbonyl (C=O) groups is 2. The van der Waals surface area contributed by atoms with Gasteiger partial charge in [-0.05, 0) is 38.2 Å². The van der Waals surface area contributed by atoms with Crippen LogP contribution in [0.5, 0.6) is 0 Å². The lowest BCUT2D eigenvalue weighted by Gasteiger charge is -2.18. The number of ketones is 2. The summed E-state index contributed by atoms with van der Waals surface area (Å²) in [6, 6.07) is 0. The van der Waals surface area contributed by atoms with Crippen LogP contribution in [-0.4, -0.2) is 24.8 Å². The van der Waals surface area contributed by atoms with Gasteiger partial charge in [-0.25, -0.2) is 0 Å². The molecule has 0 aromatic carbocycles. The number of carbonyl (C=O) groups excluding carboxylic acids is 2. The van der Waals surface area contributed by atoms with Crippen LogP contribution < -0.4 is 0 Å². The molecule has 1 fully saturated rings. The number of hydrogen-bond acceptors (Lipinski definition) is 3. The van der Waals surface area contributed by atoms with Crippen LogP contribution in [0.2, 0.25) is 0 Å². The fourth-order valence-corrected chi connectivity index (χ4v) is 2.15. The van der Waals surface area contributed by atoms with Crippen molar-refractivity contribution in [1.82, 2.24) is 0 Å². The molecule has 96 valence electrons. The van der Waals surface area contributed by atoms with Gasteiger partial charge in [-0.2, -0.15) is 0 Å². The monoisotopic (exact) mass is 238 g/mol. The van der Waals surface area contributed by atoms with Crippen LogP contribution in [0.4, 0.5) is 0 Å². The van der Waals surface area contributed by atoms with E-state index >= 15 is 0 Å². The first kappa shape index (κ1) is 14.1. The lowest BCUT2D eigenvalue weighted by atomic mass is 9.87. The summed E-state index contributed by atoms with van der Waals surface area (Å²) in [5.74, 6) is 0.504. The van der Waals surface area contributed by atoms with Crippen LogP contribution >= 0.6 is 0 Å². The van der Waals surface area contributed by atoms with Crippen LogP contribution in [0.3, 0.4) is 0 Å². The van der Waals surface area contributed by atoms with Gasteiger partial charge >= 0.3 is 0 Å². The minimum Gasteiger partial charge on any atom is -0.366 e. The first-order chi connectivity index (χ1) is 8.09. The van der Waals surface area contributed by atoms with Gasteiger partial charge in [0, 0.05) is 0 Å². The highest BCUT2D eigenvalue weighted by molar-refractivity contribution is 5.95. The Kier molecular flexibility index (Phi) is 6.12. The smallest absolute Gasteiger partial charge is 0.183 e. The second-order valence-corrected chi connectivity index (χ2v) is 4.87. The number of hydrogen-bond donors (Lipinski definition) is 0. The number of rotatable bonds is 6. The standard InChI is InChI=1S/C14H22O3/c1-11(8-13-6-4-3-5-7-13)14(16)10-17-9-12(2)15/h8,13H,3-7,9-10H2,1-2H3. The molecule has 3 nitrogen and oxygen atoms in total. The first-order valence-electron chi connectivity index (χ1n) is 6.38. The van der Waals surface area contributed by atoms with Crippen molar-refractivity contribution in [2.45, 2.75) is 46.0 Å². The van der Waals surface area contributed by atoms with Crippen LogP contribution in [0, 0.1) is 5.92 Å². The zero-order valence-corrected chi connectivity index (χ0v) is 10.8. The maximum absolute atomic E-state index is 11.7. The quantitative estimate of drug-likeness (QED) is 0.668. The predicted molar refractivity (Wildman–Crippen MR) is 66.8 cm³/mol. The molecule has 0 spiro atoms. The third-order valence-electron chi connectivity index (χ3n) is 3.11. The molecule has 0 radical (unpaired) electrons. The number of Topliss-reactive ketones (excluding diaryl/α,β-unsaturated/α-hetero) is 2. The summed E-state index contributed by atoms with van der Waals surface area (Å²) in [6.45, 7) is 3.35. The molecule has 1 rings (SSSR count). The number of allylic oxidation sites excluding steroid dienone is 1. The molecule has 0 saturated heterocycles. The Balaban J connectivity index is 2.33. The van der Waals surface area contributed by atoms with Gasteiger partial charge in [-0.3, -0.25) is 9.59 Å². The van der Waals surface area contributed by atoms with E-state index in [2.05, 4.69) is 6.08 Å². The zero-order chi connectivity index (χ0) is 12.7. The summed E-state index contributed by atoms with van der Waals surface area (Å²) in [7, 11) is 0. The molecule has 0 amide bonds. The Labute approximate surface area is 103 Å². The third kappa shape index (κ3) is 5.78. The molecule has 0 aromatic heterocycles. The van der Waals surface area contributed by atoms with E-state index in [0.29, 0.717) is 5.92 Å². The first-order valence-corrected chi connectivity index (χ1v) is 6.38. The van der Waals surface area contributed by atoms with Crippen molar-refractivity contribution in [3.05, 3.63) is 11.6 Å². The van der Waals surface area contributed by atoms with Crippen LogP contribution in [0.15, 0.2) is 11.6 Å². The summed E-state index contributed by atoms with van der Waals surface area (Å²) in [4.78, 5) is 22.4. The van der Waals surface area contributed by atoms with Crippen molar-refractivity contribution in [2.24, 2.45) is 5.92 Å². The Bertz CT molecular complexity index is 299. The van der Waals surface area contributed by atoms with Crippen molar-refractivity contribution in [3.8, 4) is 0 Å². The van der Waals surface area contributed by atoms with E-state index in [1.165, 1.54) is 39.0 Å². The molecule has 0 bridgehead atoms. The molecule has 0 atom stereocenters. The van der Waals surface area contributed by atoms with Gasteiger partial charge in [0.25, 0.3) is 0 Å². The van der Waals surface area contributed by atoms with E-state index in [4.69, 9.17) is 4.74 Å². The topological polar surface area (TPSA) is 43.4 Å². The maximum Gasteiger partial charge on any atom is 0.183 e. The summed E-state index contributed by atoms with van der Waals surface area (Å²) in [6.07, 6.45) is 8.32. The SMILES string of the molecule is CC(=O)COCC(=O)C(C)=CC1CCCCC1. The van der Waals surface area contributed by atoms with Crippen LogP contribution in [0.25, 0.3) is 0 Å². The highest BCUT2D eigenvalue weighted by Crippen LogP contribution is 2.25. The van der Waals surface area contributed by atoms with Crippen molar-refractivity contribution in [3.63, 3.8) is 0 Å². The molecule has 1 aliphatic carbocycles. The molecular weight excluding hydrogens is 216 g/mol. The van der Waals surface area contributed by atoms with Crippen molar-refractivity contribution >= 4 is 11.6 Å². The van der Waals surface area contributed by atoms with Crippen molar-refractivity contribution in [2.75, 3.05) is 13.2 Å². The molecule has 0 heterocycles. The number of ether oxygens (including phenoxy) is 1. The third-order valence-corrected chi connectivity index (χ3v) is 3.11. The van der Waals surface area contributed by atoms with E-state index in [-0.39, 0.29) is 24.8 Å². The van der Waals surface area contributed by atoms with E-state index < -0.39 is 0 Å². The molecule has 0 aliphatic heterocycles. The average molecular weight is 238 g/mol. The fraction of sp³-hybridized carbons (Fsp3) is 0.714. The van der Waals surface area contributed by atoms with Gasteiger partial charge in [0.15, 0.2) is 11.6 Å². The van der Waals surface area contributed by atoms with E-state index in [1.807, 2.05) is 6.92 Å². The zero-order valence-electron chi connectivity index (χ0n) is 10.8. The molecule has 17 heavy (non-hydrogen) atoms. The predicted octanol–water partition coefficient (Wildman–Crippen LogP) is 2.69. The normalized spacial score (nSPS) is 18.1. The van der Waals surface area contributed by atoms with E-state index in [0.717, 1.165) is 5.57 Å². The second kappa shape index (κ2) is 7.38. The lowest BCUT2D eigenvalue weighted by molar-refractivity contribution is -0.125. The highest BCUT2D eigenvalue weighted by atomic mass is 16.5. The van der Waals surface area contributed by atoms with Gasteiger partial charge in [-0.15, -0.1) is 0 Å². The van der Waals surface area contributed by atoms with Crippen LogP contribution in [-0.2, 0) is 14.3 Å². The molecule has 0 N–H and O–H groups in total. The van der Waals surface area contributed by atoms with Crippen LogP contribution in [0.1, 0.15) is 46.0 Å². The largest absolute Gasteiger partial charge is 0.366 e. The average Bonchev–Trinajstić information content (AvgIpc) is 2.29. The molecule has 3 heteroatoms. The van der Waals surface area contributed by atoms with Gasteiger partial charge in [0.1, 0.15) is 13.2 Å². The van der Waals surface area contributed by atoms with Gasteiger partial charge < -0.3 is 4.74 Å². The Morgan fingerprint density at radius 3 is 2.35 bits per heavy atom.